The van der Waals surface area contributed by atoms with E-state index >= 15 is 0 Å². The average molecular weight is 440 g/mol. The fourth-order valence-electron chi connectivity index (χ4n) is 3.27. The lowest BCUT2D eigenvalue weighted by molar-refractivity contribution is 0.00700. The van der Waals surface area contributed by atoms with Gasteiger partial charge in [-0.2, -0.15) is 0 Å². The van der Waals surface area contributed by atoms with E-state index in [0.717, 1.165) is 23.6 Å². The molecule has 0 radical (unpaired) electrons. The van der Waals surface area contributed by atoms with Crippen LogP contribution >= 0.6 is 0 Å². The molecule has 1 saturated heterocycles. The third kappa shape index (κ3) is 6.87. The van der Waals surface area contributed by atoms with E-state index in [2.05, 4.69) is 15.6 Å². The predicted molar refractivity (Wildman–Crippen MR) is 126 cm³/mol. The van der Waals surface area contributed by atoms with Crippen molar-refractivity contribution in [3.05, 3.63) is 70.1 Å². The summed E-state index contributed by atoms with van der Waals surface area (Å²) in [5.41, 5.74) is 1.64. The number of rotatable bonds is 6. The zero-order valence-corrected chi connectivity index (χ0v) is 19.3. The third-order valence-corrected chi connectivity index (χ3v) is 4.91. The molecule has 172 valence electrons. The van der Waals surface area contributed by atoms with Gasteiger partial charge in [-0.3, -0.25) is 4.79 Å². The summed E-state index contributed by atoms with van der Waals surface area (Å²) in [5.74, 6) is 0.723. The Bertz CT molecular complexity index is 986. The highest BCUT2D eigenvalue weighted by Gasteiger charge is 2.34. The standard InChI is InChI=1S/C24H33N5O3/c1-5-25-22(27-20-16-29(17-20)23(31)32-24(2,3)4)26-14-18-9-11-19(12-10-18)15-28-13-7-6-8-21(28)30/h6-13,20H,5,14-17H2,1-4H3,(H2,25,26,27). The van der Waals surface area contributed by atoms with Crippen LogP contribution in [-0.4, -0.2) is 52.8 Å². The van der Waals surface area contributed by atoms with Crippen molar-refractivity contribution >= 4 is 12.1 Å². The molecular formula is C24H33N5O3. The summed E-state index contributed by atoms with van der Waals surface area (Å²) in [7, 11) is 0. The molecule has 1 aliphatic heterocycles. The smallest absolute Gasteiger partial charge is 0.410 e. The lowest BCUT2D eigenvalue weighted by Gasteiger charge is -2.40. The first kappa shape index (κ1) is 23.4. The molecule has 0 unspecified atom stereocenters. The van der Waals surface area contributed by atoms with Gasteiger partial charge >= 0.3 is 6.09 Å². The molecule has 0 spiro atoms. The Hall–Kier alpha value is -3.29. The van der Waals surface area contributed by atoms with Crippen LogP contribution in [0.4, 0.5) is 4.79 Å². The van der Waals surface area contributed by atoms with Crippen molar-refractivity contribution in [2.45, 2.75) is 52.4 Å². The van der Waals surface area contributed by atoms with Gasteiger partial charge in [-0.1, -0.05) is 30.3 Å². The van der Waals surface area contributed by atoms with Crippen LogP contribution in [0.5, 0.6) is 0 Å². The fourth-order valence-corrected chi connectivity index (χ4v) is 3.27. The maximum Gasteiger partial charge on any atom is 0.410 e. The number of hydrogen-bond acceptors (Lipinski definition) is 4. The molecule has 2 aromatic rings. The molecule has 1 aromatic heterocycles. The Morgan fingerprint density at radius 1 is 1.12 bits per heavy atom. The van der Waals surface area contributed by atoms with Crippen LogP contribution in [0.25, 0.3) is 0 Å². The number of aromatic nitrogens is 1. The summed E-state index contributed by atoms with van der Waals surface area (Å²) in [5, 5.41) is 6.62. The van der Waals surface area contributed by atoms with Crippen molar-refractivity contribution in [2.24, 2.45) is 4.99 Å². The number of nitrogens with one attached hydrogen (secondary N) is 2. The van der Waals surface area contributed by atoms with Gasteiger partial charge in [-0.15, -0.1) is 0 Å². The van der Waals surface area contributed by atoms with E-state index in [1.54, 1.807) is 27.8 Å². The molecule has 32 heavy (non-hydrogen) atoms. The van der Waals surface area contributed by atoms with Crippen LogP contribution in [0.1, 0.15) is 38.8 Å². The Balaban J connectivity index is 1.51. The van der Waals surface area contributed by atoms with Gasteiger partial charge in [0.15, 0.2) is 5.96 Å². The van der Waals surface area contributed by atoms with Crippen LogP contribution in [0.15, 0.2) is 58.4 Å². The molecule has 0 aliphatic carbocycles. The van der Waals surface area contributed by atoms with Gasteiger partial charge in [0.1, 0.15) is 5.60 Å². The largest absolute Gasteiger partial charge is 0.444 e. The number of guanidine groups is 1. The van der Waals surface area contributed by atoms with Crippen molar-refractivity contribution in [3.63, 3.8) is 0 Å². The van der Waals surface area contributed by atoms with E-state index in [0.29, 0.717) is 26.2 Å². The minimum absolute atomic E-state index is 0.0104. The van der Waals surface area contributed by atoms with Gasteiger partial charge in [0.2, 0.25) is 0 Å². The molecule has 1 aliphatic rings. The molecule has 2 N–H and O–H groups in total. The lowest BCUT2D eigenvalue weighted by Crippen LogP contribution is -2.63. The Kier molecular flexibility index (Phi) is 7.56. The Labute approximate surface area is 189 Å². The number of carbonyl (C=O) groups excluding carboxylic acids is 1. The zero-order chi connectivity index (χ0) is 23.1. The van der Waals surface area contributed by atoms with E-state index in [1.807, 2.05) is 58.0 Å². The van der Waals surface area contributed by atoms with Crippen molar-refractivity contribution in [1.29, 1.82) is 0 Å². The lowest BCUT2D eigenvalue weighted by atomic mass is 10.1. The summed E-state index contributed by atoms with van der Waals surface area (Å²) in [6.45, 7) is 10.6. The van der Waals surface area contributed by atoms with E-state index < -0.39 is 5.60 Å². The Morgan fingerprint density at radius 2 is 1.81 bits per heavy atom. The summed E-state index contributed by atoms with van der Waals surface area (Å²) in [6, 6.07) is 13.4. The topological polar surface area (TPSA) is 88.0 Å². The molecule has 0 atom stereocenters. The van der Waals surface area contributed by atoms with Gasteiger partial charge in [0, 0.05) is 31.9 Å². The molecule has 3 rings (SSSR count). The summed E-state index contributed by atoms with van der Waals surface area (Å²) in [4.78, 5) is 30.3. The fraction of sp³-hybridized carbons (Fsp3) is 0.458. The number of aliphatic imine (C=N–C) groups is 1. The third-order valence-electron chi connectivity index (χ3n) is 4.91. The molecule has 1 amide bonds. The van der Waals surface area contributed by atoms with E-state index in [4.69, 9.17) is 4.74 Å². The van der Waals surface area contributed by atoms with Crippen LogP contribution < -0.4 is 16.2 Å². The maximum absolute atomic E-state index is 12.1. The van der Waals surface area contributed by atoms with Crippen LogP contribution in [-0.2, 0) is 17.8 Å². The van der Waals surface area contributed by atoms with Crippen molar-refractivity contribution < 1.29 is 9.53 Å². The number of hydrogen-bond donors (Lipinski definition) is 2. The van der Waals surface area contributed by atoms with Crippen LogP contribution in [0.2, 0.25) is 0 Å². The second-order valence-electron chi connectivity index (χ2n) is 8.91. The van der Waals surface area contributed by atoms with Gasteiger partial charge < -0.3 is 24.8 Å². The van der Waals surface area contributed by atoms with Gasteiger partial charge in [-0.05, 0) is 44.9 Å². The number of nitrogens with zero attached hydrogens (tertiary/aromatic N) is 3. The second-order valence-corrected chi connectivity index (χ2v) is 8.91. The minimum Gasteiger partial charge on any atom is -0.444 e. The highest BCUT2D eigenvalue weighted by molar-refractivity contribution is 5.80. The van der Waals surface area contributed by atoms with E-state index in [9.17, 15) is 9.59 Å². The van der Waals surface area contributed by atoms with Gasteiger partial charge in [-0.25, -0.2) is 9.79 Å². The van der Waals surface area contributed by atoms with Crippen molar-refractivity contribution in [3.8, 4) is 0 Å². The first-order valence-electron chi connectivity index (χ1n) is 11.0. The number of ether oxygens (including phenoxy) is 1. The first-order chi connectivity index (χ1) is 15.2. The second kappa shape index (κ2) is 10.3. The number of benzene rings is 1. The van der Waals surface area contributed by atoms with Crippen LogP contribution in [0, 0.1) is 0 Å². The quantitative estimate of drug-likeness (QED) is 0.534. The molecule has 0 bridgehead atoms. The summed E-state index contributed by atoms with van der Waals surface area (Å²) < 4.78 is 7.08. The maximum atomic E-state index is 12.1. The molecule has 8 nitrogen and oxygen atoms in total. The molecule has 0 saturated carbocycles. The van der Waals surface area contributed by atoms with E-state index in [-0.39, 0.29) is 17.7 Å². The molecule has 2 heterocycles. The van der Waals surface area contributed by atoms with Crippen molar-refractivity contribution in [2.75, 3.05) is 19.6 Å². The normalized spacial score (nSPS) is 14.6. The summed E-state index contributed by atoms with van der Waals surface area (Å²) in [6.07, 6.45) is 1.51. The minimum atomic E-state index is -0.488. The molecule has 1 aromatic carbocycles. The molecule has 8 heteroatoms. The van der Waals surface area contributed by atoms with Gasteiger partial charge in [0.25, 0.3) is 5.56 Å². The Morgan fingerprint density at radius 3 is 2.44 bits per heavy atom. The molecular weight excluding hydrogens is 406 g/mol. The SMILES string of the molecule is CCNC(=NCc1ccc(Cn2ccccc2=O)cc1)NC1CN(C(=O)OC(C)(C)C)C1. The zero-order valence-electron chi connectivity index (χ0n) is 19.3. The monoisotopic (exact) mass is 439 g/mol. The molecule has 1 fully saturated rings. The van der Waals surface area contributed by atoms with Crippen molar-refractivity contribution in [1.82, 2.24) is 20.1 Å². The number of likely N-dealkylation sites (tertiary alicyclic amines) is 1. The number of pyridine rings is 1. The predicted octanol–water partition coefficient (Wildman–Crippen LogP) is 2.57. The highest BCUT2D eigenvalue weighted by Crippen LogP contribution is 2.15. The first-order valence-corrected chi connectivity index (χ1v) is 11.0. The van der Waals surface area contributed by atoms with E-state index in [1.165, 1.54) is 0 Å². The highest BCUT2D eigenvalue weighted by atomic mass is 16.6. The summed E-state index contributed by atoms with van der Waals surface area (Å²) >= 11 is 0. The van der Waals surface area contributed by atoms with Gasteiger partial charge in [0.05, 0.1) is 19.1 Å². The number of carbonyl (C=O) groups is 1. The van der Waals surface area contributed by atoms with Crippen LogP contribution in [0.3, 0.4) is 0 Å². The number of amides is 1. The average Bonchev–Trinajstić information content (AvgIpc) is 2.69.